The highest BCUT2D eigenvalue weighted by Crippen LogP contribution is 2.26. The molecule has 2 rings (SSSR count). The molecule has 0 aromatic heterocycles. The van der Waals surface area contributed by atoms with Crippen LogP contribution in [0.4, 0.5) is 0 Å². The second-order valence-electron chi connectivity index (χ2n) is 7.71. The third kappa shape index (κ3) is 8.64. The summed E-state index contributed by atoms with van der Waals surface area (Å²) in [4.78, 5) is 0. The summed E-state index contributed by atoms with van der Waals surface area (Å²) in [6.07, 6.45) is 14.7. The Kier molecular flexibility index (Phi) is 10.4. The minimum Gasteiger partial charge on any atom is -0.382 e. The summed E-state index contributed by atoms with van der Waals surface area (Å²) >= 11 is 0. The van der Waals surface area contributed by atoms with E-state index in [2.05, 4.69) is 6.92 Å². The van der Waals surface area contributed by atoms with Crippen molar-refractivity contribution in [1.82, 2.24) is 0 Å². The van der Waals surface area contributed by atoms with Crippen LogP contribution in [0.5, 0.6) is 5.75 Å². The predicted molar refractivity (Wildman–Crippen MR) is 119 cm³/mol. The van der Waals surface area contributed by atoms with Crippen molar-refractivity contribution in [2.45, 2.75) is 84.0 Å². The maximum Gasteiger partial charge on any atom is 0.309 e. The fraction of sp³-hybridized carbons (Fsp3) is 0.583. The van der Waals surface area contributed by atoms with Crippen LogP contribution in [0, 0.1) is 0 Å². The molecule has 0 unspecified atom stereocenters. The number of benzene rings is 2. The first-order chi connectivity index (χ1) is 13.6. The second kappa shape index (κ2) is 12.8. The van der Waals surface area contributed by atoms with Crippen LogP contribution in [0.1, 0.15) is 84.0 Å². The lowest BCUT2D eigenvalue weighted by atomic mass is 10.1. The van der Waals surface area contributed by atoms with Gasteiger partial charge in [-0.1, -0.05) is 114 Å². The van der Waals surface area contributed by atoms with Gasteiger partial charge in [0, 0.05) is 5.39 Å². The molecule has 0 saturated carbocycles. The average Bonchev–Trinajstić information content (AvgIpc) is 2.69. The first kappa shape index (κ1) is 22.7. The van der Waals surface area contributed by atoms with Crippen LogP contribution in [0.3, 0.4) is 0 Å². The summed E-state index contributed by atoms with van der Waals surface area (Å²) in [6.45, 7) is 2.25. The van der Waals surface area contributed by atoms with E-state index in [4.69, 9.17) is 4.18 Å². The number of hydrogen-bond acceptors (Lipinski definition) is 3. The van der Waals surface area contributed by atoms with Crippen molar-refractivity contribution >= 4 is 20.9 Å². The van der Waals surface area contributed by atoms with Gasteiger partial charge in [0.15, 0.2) is 0 Å². The number of unbranched alkanes of at least 4 members (excludes halogenated alkanes) is 11. The molecule has 0 spiro atoms. The highest BCUT2D eigenvalue weighted by Gasteiger charge is 2.14. The zero-order valence-electron chi connectivity index (χ0n) is 17.4. The Morgan fingerprint density at radius 3 is 1.86 bits per heavy atom. The van der Waals surface area contributed by atoms with Crippen molar-refractivity contribution in [2.24, 2.45) is 0 Å². The first-order valence-electron chi connectivity index (χ1n) is 11.0. The van der Waals surface area contributed by atoms with Gasteiger partial charge in [0.1, 0.15) is 5.75 Å². The van der Waals surface area contributed by atoms with Gasteiger partial charge in [0.2, 0.25) is 0 Å². The summed E-state index contributed by atoms with van der Waals surface area (Å²) in [7, 11) is -3.54. The first-order valence-corrected chi connectivity index (χ1v) is 12.6. The van der Waals surface area contributed by atoms with Crippen LogP contribution in [0.15, 0.2) is 42.5 Å². The molecule has 28 heavy (non-hydrogen) atoms. The molecule has 156 valence electrons. The third-order valence-corrected chi connectivity index (χ3v) is 6.44. The van der Waals surface area contributed by atoms with Gasteiger partial charge in [-0.25, -0.2) is 0 Å². The zero-order valence-corrected chi connectivity index (χ0v) is 18.2. The molecule has 4 heteroatoms. The Balaban J connectivity index is 1.58. The molecule has 0 aliphatic carbocycles. The standard InChI is InChI=1S/C24H36O3S/c1-2-3-4-5-6-7-8-9-10-11-12-15-21-28(25,26)27-24-20-16-18-22-17-13-14-19-23(22)24/h13-14,16-20H,2-12,15,21H2,1H3. The molecule has 0 saturated heterocycles. The van der Waals surface area contributed by atoms with Crippen molar-refractivity contribution in [2.75, 3.05) is 5.75 Å². The van der Waals surface area contributed by atoms with Crippen molar-refractivity contribution in [3.63, 3.8) is 0 Å². The smallest absolute Gasteiger partial charge is 0.309 e. The molecule has 3 nitrogen and oxygen atoms in total. The number of rotatable bonds is 15. The normalized spacial score (nSPS) is 11.8. The van der Waals surface area contributed by atoms with Gasteiger partial charge in [0.25, 0.3) is 0 Å². The molecule has 0 atom stereocenters. The molecule has 0 radical (unpaired) electrons. The second-order valence-corrected chi connectivity index (χ2v) is 9.40. The lowest BCUT2D eigenvalue weighted by Crippen LogP contribution is -2.14. The van der Waals surface area contributed by atoms with Gasteiger partial charge in [-0.2, -0.15) is 8.42 Å². The molecule has 2 aromatic carbocycles. The predicted octanol–water partition coefficient (Wildman–Crippen LogP) is 7.25. The van der Waals surface area contributed by atoms with E-state index in [0.29, 0.717) is 12.2 Å². The van der Waals surface area contributed by atoms with Gasteiger partial charge >= 0.3 is 10.1 Å². The van der Waals surface area contributed by atoms with E-state index in [9.17, 15) is 8.42 Å². The van der Waals surface area contributed by atoms with Crippen molar-refractivity contribution in [3.05, 3.63) is 42.5 Å². The fourth-order valence-electron chi connectivity index (χ4n) is 3.57. The Labute approximate surface area is 171 Å². The van der Waals surface area contributed by atoms with Gasteiger partial charge in [-0.15, -0.1) is 0 Å². The lowest BCUT2D eigenvalue weighted by molar-refractivity contribution is 0.483. The summed E-state index contributed by atoms with van der Waals surface area (Å²) in [5, 5.41) is 1.82. The summed E-state index contributed by atoms with van der Waals surface area (Å²) in [5.41, 5.74) is 0. The van der Waals surface area contributed by atoms with Crippen molar-refractivity contribution in [3.8, 4) is 5.75 Å². The Morgan fingerprint density at radius 2 is 1.21 bits per heavy atom. The van der Waals surface area contributed by atoms with Crippen LogP contribution in [0.2, 0.25) is 0 Å². The van der Waals surface area contributed by atoms with E-state index in [1.807, 2.05) is 36.4 Å². The van der Waals surface area contributed by atoms with E-state index in [-0.39, 0.29) is 5.75 Å². The Hall–Kier alpha value is -1.55. The highest BCUT2D eigenvalue weighted by atomic mass is 32.2. The molecular formula is C24H36O3S. The molecule has 0 aliphatic rings. The Morgan fingerprint density at radius 1 is 0.679 bits per heavy atom. The van der Waals surface area contributed by atoms with Crippen LogP contribution < -0.4 is 4.18 Å². The minimum absolute atomic E-state index is 0.0909. The molecule has 0 amide bonds. The molecule has 0 bridgehead atoms. The summed E-state index contributed by atoms with van der Waals surface area (Å²) < 4.78 is 30.0. The van der Waals surface area contributed by atoms with Gasteiger partial charge in [-0.05, 0) is 17.9 Å². The Bertz CT molecular complexity index is 778. The molecule has 0 aliphatic heterocycles. The van der Waals surface area contributed by atoms with E-state index in [0.717, 1.165) is 23.6 Å². The number of hydrogen-bond donors (Lipinski definition) is 0. The summed E-state index contributed by atoms with van der Waals surface area (Å²) in [5.74, 6) is 0.519. The van der Waals surface area contributed by atoms with Crippen LogP contribution >= 0.6 is 0 Å². The topological polar surface area (TPSA) is 43.4 Å². The van der Waals surface area contributed by atoms with Crippen LogP contribution in [-0.2, 0) is 10.1 Å². The highest BCUT2D eigenvalue weighted by molar-refractivity contribution is 7.87. The molecule has 0 fully saturated rings. The van der Waals surface area contributed by atoms with E-state index >= 15 is 0 Å². The molecular weight excluding hydrogens is 368 g/mol. The largest absolute Gasteiger partial charge is 0.382 e. The average molecular weight is 405 g/mol. The van der Waals surface area contributed by atoms with Gasteiger partial charge in [0.05, 0.1) is 5.75 Å². The van der Waals surface area contributed by atoms with E-state index < -0.39 is 10.1 Å². The SMILES string of the molecule is CCCCCCCCCCCCCCS(=O)(=O)Oc1cccc2ccccc12. The molecule has 0 N–H and O–H groups in total. The van der Waals surface area contributed by atoms with Gasteiger partial charge < -0.3 is 4.18 Å². The monoisotopic (exact) mass is 404 g/mol. The minimum atomic E-state index is -3.54. The molecule has 0 heterocycles. The maximum atomic E-state index is 12.3. The quantitative estimate of drug-likeness (QED) is 0.232. The number of fused-ring (bicyclic) bond motifs is 1. The van der Waals surface area contributed by atoms with E-state index in [1.165, 1.54) is 57.8 Å². The van der Waals surface area contributed by atoms with E-state index in [1.54, 1.807) is 6.07 Å². The molecule has 2 aromatic rings. The van der Waals surface area contributed by atoms with Crippen molar-refractivity contribution in [1.29, 1.82) is 0 Å². The van der Waals surface area contributed by atoms with Gasteiger partial charge in [-0.3, -0.25) is 0 Å². The van der Waals surface area contributed by atoms with Crippen LogP contribution in [0.25, 0.3) is 10.8 Å². The van der Waals surface area contributed by atoms with Crippen molar-refractivity contribution < 1.29 is 12.6 Å². The summed E-state index contributed by atoms with van der Waals surface area (Å²) in [6, 6.07) is 13.2. The fourth-order valence-corrected chi connectivity index (χ4v) is 4.63. The van der Waals surface area contributed by atoms with Crippen LogP contribution in [-0.4, -0.2) is 14.2 Å². The lowest BCUT2D eigenvalue weighted by Gasteiger charge is -2.09. The zero-order chi connectivity index (χ0) is 20.1. The maximum absolute atomic E-state index is 12.3. The third-order valence-electron chi connectivity index (χ3n) is 5.21.